The summed E-state index contributed by atoms with van der Waals surface area (Å²) in [6.45, 7) is 7.20. The molecular formula is C20H24F3NO3S. The monoisotopic (exact) mass is 415 g/mol. The van der Waals surface area contributed by atoms with Gasteiger partial charge in [0.05, 0.1) is 13.2 Å². The fraction of sp³-hybridized carbons (Fsp3) is 0.400. The summed E-state index contributed by atoms with van der Waals surface area (Å²) in [6.07, 6.45) is 0.446. The lowest BCUT2D eigenvalue weighted by Crippen LogP contribution is -2.29. The molecule has 28 heavy (non-hydrogen) atoms. The van der Waals surface area contributed by atoms with Crippen molar-refractivity contribution in [1.29, 1.82) is 0 Å². The second-order valence-electron chi connectivity index (χ2n) is 7.50. The van der Waals surface area contributed by atoms with Gasteiger partial charge in [-0.2, -0.15) is 21.6 Å². The van der Waals surface area contributed by atoms with E-state index in [2.05, 4.69) is 32.9 Å². The molecule has 0 spiro atoms. The first-order chi connectivity index (χ1) is 12.9. The van der Waals surface area contributed by atoms with E-state index >= 15 is 0 Å². The highest BCUT2D eigenvalue weighted by atomic mass is 32.2. The van der Waals surface area contributed by atoms with E-state index in [1.807, 2.05) is 12.1 Å². The SMILES string of the molecule is CC(C)(C)c1ccc(COCCc2cccc(NS(=O)(=O)C(F)(F)F)c2)cc1. The van der Waals surface area contributed by atoms with Crippen LogP contribution >= 0.6 is 0 Å². The number of rotatable bonds is 7. The first-order valence-electron chi connectivity index (χ1n) is 8.74. The van der Waals surface area contributed by atoms with Gasteiger partial charge in [0.25, 0.3) is 0 Å². The lowest BCUT2D eigenvalue weighted by Gasteiger charge is -2.19. The quantitative estimate of drug-likeness (QED) is 0.647. The van der Waals surface area contributed by atoms with Crippen LogP contribution in [0.3, 0.4) is 0 Å². The maximum atomic E-state index is 12.4. The first-order valence-corrected chi connectivity index (χ1v) is 10.2. The molecule has 0 aliphatic carbocycles. The number of sulfonamides is 1. The summed E-state index contributed by atoms with van der Waals surface area (Å²) in [4.78, 5) is 0. The molecule has 2 aromatic rings. The largest absolute Gasteiger partial charge is 0.516 e. The summed E-state index contributed by atoms with van der Waals surface area (Å²) in [5.41, 5.74) is -2.47. The standard InChI is InChI=1S/C20H24F3NO3S/c1-19(2,3)17-9-7-16(8-10-17)14-27-12-11-15-5-4-6-18(13-15)24-28(25,26)20(21,22)23/h4-10,13,24H,11-12,14H2,1-3H3. The Balaban J connectivity index is 1.87. The zero-order valence-corrected chi connectivity index (χ0v) is 16.8. The third-order valence-corrected chi connectivity index (χ3v) is 5.22. The van der Waals surface area contributed by atoms with E-state index in [1.165, 1.54) is 28.5 Å². The van der Waals surface area contributed by atoms with Crippen molar-refractivity contribution in [3.8, 4) is 0 Å². The van der Waals surface area contributed by atoms with Gasteiger partial charge in [-0.15, -0.1) is 0 Å². The van der Waals surface area contributed by atoms with E-state index in [0.29, 0.717) is 25.2 Å². The van der Waals surface area contributed by atoms with Gasteiger partial charge >= 0.3 is 15.5 Å². The van der Waals surface area contributed by atoms with Crippen LogP contribution in [0.4, 0.5) is 18.9 Å². The number of ether oxygens (including phenoxy) is 1. The van der Waals surface area contributed by atoms with Crippen LogP contribution in [0.25, 0.3) is 0 Å². The molecule has 0 aliphatic heterocycles. The summed E-state index contributed by atoms with van der Waals surface area (Å²) < 4.78 is 66.9. The molecule has 0 atom stereocenters. The maximum absolute atomic E-state index is 12.4. The summed E-state index contributed by atoms with van der Waals surface area (Å²) in [7, 11) is -5.42. The van der Waals surface area contributed by atoms with Crippen molar-refractivity contribution in [1.82, 2.24) is 0 Å². The Labute approximate surface area is 163 Å². The number of hydrogen-bond acceptors (Lipinski definition) is 3. The van der Waals surface area contributed by atoms with Gasteiger partial charge in [0, 0.05) is 5.69 Å². The average Bonchev–Trinajstić information content (AvgIpc) is 2.57. The normalized spacial score (nSPS) is 12.8. The molecule has 0 bridgehead atoms. The molecule has 0 fully saturated rings. The molecule has 0 unspecified atom stereocenters. The topological polar surface area (TPSA) is 55.4 Å². The van der Waals surface area contributed by atoms with Gasteiger partial charge in [0.2, 0.25) is 0 Å². The van der Waals surface area contributed by atoms with Crippen molar-refractivity contribution < 1.29 is 26.3 Å². The Kier molecular flexibility index (Phi) is 6.77. The second-order valence-corrected chi connectivity index (χ2v) is 9.18. The molecule has 2 rings (SSSR count). The number of nitrogens with one attached hydrogen (secondary N) is 1. The zero-order chi connectivity index (χ0) is 21.0. The fourth-order valence-corrected chi connectivity index (χ4v) is 3.04. The van der Waals surface area contributed by atoms with Crippen molar-refractivity contribution in [3.05, 3.63) is 65.2 Å². The van der Waals surface area contributed by atoms with Crippen molar-refractivity contribution in [2.75, 3.05) is 11.3 Å². The van der Waals surface area contributed by atoms with Gasteiger partial charge in [0.15, 0.2) is 0 Å². The van der Waals surface area contributed by atoms with E-state index in [1.54, 1.807) is 6.07 Å². The predicted molar refractivity (Wildman–Crippen MR) is 104 cm³/mol. The Morgan fingerprint density at radius 2 is 1.61 bits per heavy atom. The van der Waals surface area contributed by atoms with Crippen molar-refractivity contribution in [2.24, 2.45) is 0 Å². The van der Waals surface area contributed by atoms with E-state index < -0.39 is 15.5 Å². The van der Waals surface area contributed by atoms with Gasteiger partial charge in [0.1, 0.15) is 0 Å². The maximum Gasteiger partial charge on any atom is 0.516 e. The summed E-state index contributed by atoms with van der Waals surface area (Å²) in [5.74, 6) is 0. The number of benzene rings is 2. The number of anilines is 1. The Morgan fingerprint density at radius 1 is 0.964 bits per heavy atom. The lowest BCUT2D eigenvalue weighted by molar-refractivity contribution is -0.0429. The minimum Gasteiger partial charge on any atom is -0.376 e. The van der Waals surface area contributed by atoms with Crippen LogP contribution in [0.5, 0.6) is 0 Å². The summed E-state index contributed by atoms with van der Waals surface area (Å²) in [5, 5.41) is 0. The van der Waals surface area contributed by atoms with Crippen molar-refractivity contribution >= 4 is 15.7 Å². The molecule has 0 aliphatic rings. The number of alkyl halides is 3. The third kappa shape index (κ3) is 6.24. The molecule has 0 heterocycles. The van der Waals surface area contributed by atoms with Crippen molar-refractivity contribution in [3.63, 3.8) is 0 Å². The van der Waals surface area contributed by atoms with Crippen LogP contribution in [-0.4, -0.2) is 20.5 Å². The third-order valence-electron chi connectivity index (χ3n) is 4.11. The molecule has 0 saturated heterocycles. The van der Waals surface area contributed by atoms with Crippen LogP contribution in [0, 0.1) is 0 Å². The van der Waals surface area contributed by atoms with Gasteiger partial charge < -0.3 is 4.74 Å². The lowest BCUT2D eigenvalue weighted by atomic mass is 9.87. The molecule has 0 radical (unpaired) electrons. The van der Waals surface area contributed by atoms with Crippen LogP contribution in [-0.2, 0) is 33.2 Å². The summed E-state index contributed by atoms with van der Waals surface area (Å²) in [6, 6.07) is 14.0. The second kappa shape index (κ2) is 8.53. The molecule has 154 valence electrons. The van der Waals surface area contributed by atoms with E-state index in [-0.39, 0.29) is 11.1 Å². The average molecular weight is 415 g/mol. The highest BCUT2D eigenvalue weighted by molar-refractivity contribution is 7.93. The van der Waals surface area contributed by atoms with Gasteiger partial charge in [-0.05, 0) is 40.7 Å². The van der Waals surface area contributed by atoms with Crippen LogP contribution in [0.2, 0.25) is 0 Å². The highest BCUT2D eigenvalue weighted by Gasteiger charge is 2.46. The van der Waals surface area contributed by atoms with E-state index in [4.69, 9.17) is 4.74 Å². The van der Waals surface area contributed by atoms with Crippen LogP contribution in [0.15, 0.2) is 48.5 Å². The molecule has 4 nitrogen and oxygen atoms in total. The molecule has 0 aromatic heterocycles. The van der Waals surface area contributed by atoms with Gasteiger partial charge in [-0.25, -0.2) is 0 Å². The highest BCUT2D eigenvalue weighted by Crippen LogP contribution is 2.26. The van der Waals surface area contributed by atoms with Crippen LogP contribution < -0.4 is 4.72 Å². The molecular weight excluding hydrogens is 391 g/mol. The predicted octanol–water partition coefficient (Wildman–Crippen LogP) is 5.00. The Hall–Kier alpha value is -2.06. The van der Waals surface area contributed by atoms with E-state index in [0.717, 1.165) is 5.56 Å². The Morgan fingerprint density at radius 3 is 2.18 bits per heavy atom. The molecule has 8 heteroatoms. The minimum absolute atomic E-state index is 0.0814. The first kappa shape index (κ1) is 22.2. The van der Waals surface area contributed by atoms with E-state index in [9.17, 15) is 21.6 Å². The molecule has 0 saturated carbocycles. The number of halogens is 3. The van der Waals surface area contributed by atoms with Crippen molar-refractivity contribution in [2.45, 2.75) is 44.7 Å². The van der Waals surface area contributed by atoms with Crippen LogP contribution in [0.1, 0.15) is 37.5 Å². The smallest absolute Gasteiger partial charge is 0.376 e. The molecule has 1 N–H and O–H groups in total. The summed E-state index contributed by atoms with van der Waals surface area (Å²) >= 11 is 0. The van der Waals surface area contributed by atoms with Gasteiger partial charge in [-0.1, -0.05) is 57.2 Å². The minimum atomic E-state index is -5.42. The Bertz CT molecular complexity index is 886. The number of hydrogen-bond donors (Lipinski definition) is 1. The fourth-order valence-electron chi connectivity index (χ4n) is 2.48. The molecule has 0 amide bonds. The molecule has 2 aromatic carbocycles. The zero-order valence-electron chi connectivity index (χ0n) is 16.0. The van der Waals surface area contributed by atoms with Gasteiger partial charge in [-0.3, -0.25) is 4.72 Å².